The van der Waals surface area contributed by atoms with E-state index in [9.17, 15) is 9.59 Å². The maximum Gasteiger partial charge on any atom is 0.276 e. The average molecular weight is 449 g/mol. The lowest BCUT2D eigenvalue weighted by atomic mass is 10.1. The molecule has 4 aromatic rings. The van der Waals surface area contributed by atoms with Crippen molar-refractivity contribution in [2.75, 3.05) is 5.32 Å². The standard InChI is InChI=1S/C25H25ClN4O2/c1-15-8-9-21(10-16(15)2)28-23(31)14-30-25(32)24-18(4)29(17(3)22(24)12-27-30)13-19-6-5-7-20(26)11-19/h5-12H,13-14H2,1-4H3,(H,28,31). The van der Waals surface area contributed by atoms with Gasteiger partial charge >= 0.3 is 0 Å². The van der Waals surface area contributed by atoms with Gasteiger partial charge in [0.1, 0.15) is 6.54 Å². The lowest BCUT2D eigenvalue weighted by molar-refractivity contribution is -0.117. The molecule has 1 N–H and O–H groups in total. The van der Waals surface area contributed by atoms with E-state index in [0.29, 0.717) is 22.6 Å². The van der Waals surface area contributed by atoms with E-state index in [0.717, 1.165) is 33.5 Å². The summed E-state index contributed by atoms with van der Waals surface area (Å²) >= 11 is 6.13. The largest absolute Gasteiger partial charge is 0.343 e. The number of nitrogens with one attached hydrogen (secondary N) is 1. The zero-order valence-electron chi connectivity index (χ0n) is 18.6. The van der Waals surface area contributed by atoms with E-state index in [2.05, 4.69) is 15.0 Å². The lowest BCUT2D eigenvalue weighted by Crippen LogP contribution is -2.29. The third kappa shape index (κ3) is 4.18. The quantitative estimate of drug-likeness (QED) is 0.478. The van der Waals surface area contributed by atoms with Gasteiger partial charge in [-0.2, -0.15) is 5.10 Å². The number of fused-ring (bicyclic) bond motifs is 1. The molecule has 0 atom stereocenters. The van der Waals surface area contributed by atoms with Gasteiger partial charge < -0.3 is 9.88 Å². The first-order valence-corrected chi connectivity index (χ1v) is 10.8. The number of rotatable bonds is 5. The molecule has 4 rings (SSSR count). The summed E-state index contributed by atoms with van der Waals surface area (Å²) in [5, 5.41) is 9.16. The zero-order valence-corrected chi connectivity index (χ0v) is 19.3. The molecular weight excluding hydrogens is 424 g/mol. The van der Waals surface area contributed by atoms with Gasteiger partial charge in [-0.25, -0.2) is 4.68 Å². The van der Waals surface area contributed by atoms with Crippen molar-refractivity contribution in [2.45, 2.75) is 40.8 Å². The minimum absolute atomic E-state index is 0.153. The molecule has 0 bridgehead atoms. The zero-order chi connectivity index (χ0) is 23.0. The molecule has 2 aromatic carbocycles. The van der Waals surface area contributed by atoms with E-state index >= 15 is 0 Å². The number of amides is 1. The summed E-state index contributed by atoms with van der Waals surface area (Å²) in [4.78, 5) is 25.8. The van der Waals surface area contributed by atoms with Gasteiger partial charge in [-0.15, -0.1) is 0 Å². The molecule has 0 aliphatic heterocycles. The van der Waals surface area contributed by atoms with Crippen molar-refractivity contribution >= 4 is 34.0 Å². The number of aromatic nitrogens is 3. The molecule has 32 heavy (non-hydrogen) atoms. The first-order chi connectivity index (χ1) is 15.2. The number of benzene rings is 2. The Bertz CT molecular complexity index is 1400. The Balaban J connectivity index is 1.63. The molecule has 7 heteroatoms. The summed E-state index contributed by atoms with van der Waals surface area (Å²) < 4.78 is 3.30. The minimum Gasteiger partial charge on any atom is -0.343 e. The molecule has 0 saturated heterocycles. The number of halogens is 1. The molecule has 0 spiro atoms. The van der Waals surface area contributed by atoms with Gasteiger partial charge in [0, 0.05) is 34.0 Å². The highest BCUT2D eigenvalue weighted by Crippen LogP contribution is 2.24. The number of carbonyl (C=O) groups excluding carboxylic acids is 1. The van der Waals surface area contributed by atoms with E-state index in [1.165, 1.54) is 4.68 Å². The maximum absolute atomic E-state index is 13.2. The monoisotopic (exact) mass is 448 g/mol. The van der Waals surface area contributed by atoms with Gasteiger partial charge in [-0.05, 0) is 68.7 Å². The number of anilines is 1. The van der Waals surface area contributed by atoms with Crippen molar-refractivity contribution in [3.63, 3.8) is 0 Å². The first kappa shape index (κ1) is 21.8. The fourth-order valence-corrected chi connectivity index (χ4v) is 4.18. The van der Waals surface area contributed by atoms with Crippen LogP contribution in [0.15, 0.2) is 53.5 Å². The maximum atomic E-state index is 13.2. The molecule has 1 amide bonds. The number of hydrogen-bond acceptors (Lipinski definition) is 3. The SMILES string of the molecule is Cc1ccc(NC(=O)Cn2ncc3c(C)n(Cc4cccc(Cl)c4)c(C)c3c2=O)cc1C. The van der Waals surface area contributed by atoms with Crippen LogP contribution in [0.2, 0.25) is 5.02 Å². The highest BCUT2D eigenvalue weighted by molar-refractivity contribution is 6.30. The van der Waals surface area contributed by atoms with Crippen molar-refractivity contribution < 1.29 is 4.79 Å². The van der Waals surface area contributed by atoms with E-state index in [1.54, 1.807) is 6.20 Å². The Labute approximate surface area is 191 Å². The van der Waals surface area contributed by atoms with Crippen LogP contribution < -0.4 is 10.9 Å². The summed E-state index contributed by atoms with van der Waals surface area (Å²) in [6.07, 6.45) is 1.66. The van der Waals surface area contributed by atoms with Crippen molar-refractivity contribution in [1.29, 1.82) is 0 Å². The van der Waals surface area contributed by atoms with Crippen LogP contribution in [-0.2, 0) is 17.9 Å². The lowest BCUT2D eigenvalue weighted by Gasteiger charge is -2.09. The highest BCUT2D eigenvalue weighted by atomic mass is 35.5. The molecule has 0 fully saturated rings. The average Bonchev–Trinajstić information content (AvgIpc) is 2.98. The van der Waals surface area contributed by atoms with Gasteiger partial charge in [0.2, 0.25) is 5.91 Å². The Morgan fingerprint density at radius 3 is 2.53 bits per heavy atom. The van der Waals surface area contributed by atoms with Gasteiger partial charge in [0.15, 0.2) is 0 Å². The van der Waals surface area contributed by atoms with E-state index in [-0.39, 0.29) is 18.0 Å². The Hall–Kier alpha value is -3.38. The van der Waals surface area contributed by atoms with Gasteiger partial charge in [0.25, 0.3) is 5.56 Å². The van der Waals surface area contributed by atoms with Gasteiger partial charge in [-0.1, -0.05) is 29.8 Å². The van der Waals surface area contributed by atoms with Crippen LogP contribution in [-0.4, -0.2) is 20.3 Å². The summed E-state index contributed by atoms with van der Waals surface area (Å²) in [6.45, 7) is 8.34. The van der Waals surface area contributed by atoms with Crippen LogP contribution in [0.5, 0.6) is 0 Å². The molecule has 2 heterocycles. The van der Waals surface area contributed by atoms with E-state index < -0.39 is 0 Å². The van der Waals surface area contributed by atoms with Crippen LogP contribution >= 0.6 is 11.6 Å². The van der Waals surface area contributed by atoms with Crippen molar-refractivity contribution in [2.24, 2.45) is 0 Å². The van der Waals surface area contributed by atoms with Gasteiger partial charge in [0.05, 0.1) is 11.6 Å². The molecule has 0 saturated carbocycles. The molecule has 0 aliphatic rings. The molecule has 6 nitrogen and oxygen atoms in total. The second kappa shape index (κ2) is 8.63. The minimum atomic E-state index is -0.296. The topological polar surface area (TPSA) is 68.9 Å². The van der Waals surface area contributed by atoms with Crippen molar-refractivity contribution in [1.82, 2.24) is 14.3 Å². The van der Waals surface area contributed by atoms with E-state index in [4.69, 9.17) is 11.6 Å². The predicted octanol–water partition coefficient (Wildman–Crippen LogP) is 4.77. The van der Waals surface area contributed by atoms with Crippen LogP contribution in [0.3, 0.4) is 0 Å². The summed E-state index contributed by atoms with van der Waals surface area (Å²) in [6, 6.07) is 13.4. The Morgan fingerprint density at radius 1 is 1.03 bits per heavy atom. The number of carbonyl (C=O) groups is 1. The van der Waals surface area contributed by atoms with Crippen molar-refractivity contribution in [3.05, 3.63) is 92.1 Å². The Kier molecular flexibility index (Phi) is 5.89. The second-order valence-corrected chi connectivity index (χ2v) is 8.57. The summed E-state index contributed by atoms with van der Waals surface area (Å²) in [5.41, 5.74) is 5.51. The normalized spacial score (nSPS) is 11.2. The molecule has 2 aromatic heterocycles. The molecule has 0 aliphatic carbocycles. The molecule has 0 radical (unpaired) electrons. The van der Waals surface area contributed by atoms with E-state index in [1.807, 2.05) is 70.2 Å². The fraction of sp³-hybridized carbons (Fsp3) is 0.240. The molecular formula is C25H25ClN4O2. The van der Waals surface area contributed by atoms with Gasteiger partial charge in [-0.3, -0.25) is 9.59 Å². The summed E-state index contributed by atoms with van der Waals surface area (Å²) in [7, 11) is 0. The van der Waals surface area contributed by atoms with Crippen LogP contribution in [0.4, 0.5) is 5.69 Å². The van der Waals surface area contributed by atoms with Crippen LogP contribution in [0, 0.1) is 27.7 Å². The smallest absolute Gasteiger partial charge is 0.276 e. The number of nitrogens with zero attached hydrogens (tertiary/aromatic N) is 3. The predicted molar refractivity (Wildman–Crippen MR) is 129 cm³/mol. The van der Waals surface area contributed by atoms with Crippen molar-refractivity contribution in [3.8, 4) is 0 Å². The summed E-state index contributed by atoms with van der Waals surface area (Å²) in [5.74, 6) is -0.296. The van der Waals surface area contributed by atoms with Crippen LogP contribution in [0.25, 0.3) is 10.8 Å². The molecule has 164 valence electrons. The Morgan fingerprint density at radius 2 is 1.81 bits per heavy atom. The molecule has 0 unspecified atom stereocenters. The third-order valence-electron chi connectivity index (χ3n) is 5.92. The first-order valence-electron chi connectivity index (χ1n) is 10.4. The number of hydrogen-bond donors (Lipinski definition) is 1. The highest BCUT2D eigenvalue weighted by Gasteiger charge is 2.17. The van der Waals surface area contributed by atoms with Crippen LogP contribution in [0.1, 0.15) is 28.1 Å². The third-order valence-corrected chi connectivity index (χ3v) is 6.15. The number of aryl methyl sites for hydroxylation is 4. The second-order valence-electron chi connectivity index (χ2n) is 8.13. The fourth-order valence-electron chi connectivity index (χ4n) is 3.97.